The number of benzene rings is 2. The number of hydrogen-bond donors (Lipinski definition) is 2. The molecule has 3 aromatic rings. The van der Waals surface area contributed by atoms with Crippen molar-refractivity contribution in [2.75, 3.05) is 20.8 Å². The number of para-hydroxylation sites is 1. The number of rotatable bonds is 9. The Kier molecular flexibility index (Phi) is 9.89. The molecule has 0 atom stereocenters. The summed E-state index contributed by atoms with van der Waals surface area (Å²) in [5.41, 5.74) is 8.12. The average Bonchev–Trinajstić information content (AvgIpc) is 2.79. The zero-order chi connectivity index (χ0) is 21.2. The van der Waals surface area contributed by atoms with Gasteiger partial charge >= 0.3 is 0 Å². The predicted octanol–water partition coefficient (Wildman–Crippen LogP) is 4.16. The number of hydrogen-bond acceptors (Lipinski definition) is 5. The Morgan fingerprint density at radius 1 is 0.935 bits per heavy atom. The fraction of sp³-hybridized carbons (Fsp3) is 0.217. The van der Waals surface area contributed by atoms with Gasteiger partial charge in [0.05, 0.1) is 20.8 Å². The predicted molar refractivity (Wildman–Crippen MR) is 133 cm³/mol. The van der Waals surface area contributed by atoms with Crippen LogP contribution in [-0.2, 0) is 13.0 Å². The molecule has 0 aliphatic rings. The average molecular weight is 534 g/mol. The van der Waals surface area contributed by atoms with Crippen LogP contribution >= 0.6 is 24.0 Å². The summed E-state index contributed by atoms with van der Waals surface area (Å²) in [7, 11) is 3.16. The van der Waals surface area contributed by atoms with Gasteiger partial charge in [-0.3, -0.25) is 0 Å². The van der Waals surface area contributed by atoms with Crippen molar-refractivity contribution in [3.05, 3.63) is 78.0 Å². The number of pyridine rings is 1. The van der Waals surface area contributed by atoms with Crippen LogP contribution in [0.25, 0.3) is 0 Å². The van der Waals surface area contributed by atoms with Gasteiger partial charge in [0.2, 0.25) is 11.6 Å². The largest absolute Gasteiger partial charge is 0.493 e. The minimum absolute atomic E-state index is 0. The Labute approximate surface area is 199 Å². The van der Waals surface area contributed by atoms with E-state index in [1.807, 2.05) is 30.3 Å². The maximum atomic E-state index is 5.95. The first-order valence-electron chi connectivity index (χ1n) is 9.61. The molecule has 3 N–H and O–H groups in total. The summed E-state index contributed by atoms with van der Waals surface area (Å²) in [6, 6.07) is 19.3. The van der Waals surface area contributed by atoms with E-state index < -0.39 is 0 Å². The van der Waals surface area contributed by atoms with Crippen molar-refractivity contribution in [2.45, 2.75) is 13.0 Å². The Balaban J connectivity index is 0.00000341. The lowest BCUT2D eigenvalue weighted by Gasteiger charge is -2.13. The standard InChI is InChI=1S/C23H26N4O3.HI/c1-28-19-9-6-10-20(29-2)22(19)30-21-12-11-18(15-26-21)16-27-23(24)25-14-13-17-7-4-3-5-8-17;/h3-12,15H,13-14,16H2,1-2H3,(H3,24,25,27);1H. The summed E-state index contributed by atoms with van der Waals surface area (Å²) in [4.78, 5) is 8.70. The van der Waals surface area contributed by atoms with E-state index in [1.165, 1.54) is 5.56 Å². The van der Waals surface area contributed by atoms with E-state index in [2.05, 4.69) is 27.4 Å². The summed E-state index contributed by atoms with van der Waals surface area (Å²) in [6.45, 7) is 1.15. The molecule has 164 valence electrons. The molecule has 0 fully saturated rings. The molecule has 2 aromatic carbocycles. The second-order valence-electron chi connectivity index (χ2n) is 6.46. The van der Waals surface area contributed by atoms with Gasteiger partial charge in [0.25, 0.3) is 0 Å². The molecule has 0 radical (unpaired) electrons. The fourth-order valence-electron chi connectivity index (χ4n) is 2.80. The lowest BCUT2D eigenvalue weighted by atomic mass is 10.1. The number of methoxy groups -OCH3 is 2. The van der Waals surface area contributed by atoms with Crippen LogP contribution in [0.2, 0.25) is 0 Å². The molecule has 31 heavy (non-hydrogen) atoms. The Morgan fingerprint density at radius 3 is 2.26 bits per heavy atom. The van der Waals surface area contributed by atoms with Crippen LogP contribution in [0.4, 0.5) is 0 Å². The number of nitrogens with zero attached hydrogens (tertiary/aromatic N) is 2. The van der Waals surface area contributed by atoms with Gasteiger partial charge in [-0.2, -0.15) is 0 Å². The van der Waals surface area contributed by atoms with Crippen molar-refractivity contribution < 1.29 is 14.2 Å². The molecular formula is C23H27IN4O3. The van der Waals surface area contributed by atoms with Crippen molar-refractivity contribution in [1.29, 1.82) is 0 Å². The molecule has 0 aliphatic heterocycles. The van der Waals surface area contributed by atoms with Crippen molar-refractivity contribution in [3.8, 4) is 23.1 Å². The molecule has 0 saturated heterocycles. The minimum Gasteiger partial charge on any atom is -0.493 e. The first-order chi connectivity index (χ1) is 14.7. The SMILES string of the molecule is COc1cccc(OC)c1Oc1ccc(CN=C(N)NCCc2ccccc2)cn1.I. The van der Waals surface area contributed by atoms with Crippen LogP contribution in [-0.4, -0.2) is 31.7 Å². The van der Waals surface area contributed by atoms with Crippen LogP contribution < -0.4 is 25.3 Å². The van der Waals surface area contributed by atoms with Gasteiger partial charge in [0.15, 0.2) is 17.5 Å². The van der Waals surface area contributed by atoms with Gasteiger partial charge in [-0.15, -0.1) is 24.0 Å². The molecular weight excluding hydrogens is 507 g/mol. The number of aromatic nitrogens is 1. The van der Waals surface area contributed by atoms with Gasteiger partial charge in [-0.1, -0.05) is 42.5 Å². The van der Waals surface area contributed by atoms with E-state index in [-0.39, 0.29) is 24.0 Å². The second-order valence-corrected chi connectivity index (χ2v) is 6.46. The Bertz CT molecular complexity index is 944. The number of halogens is 1. The van der Waals surface area contributed by atoms with Crippen LogP contribution in [0.15, 0.2) is 71.9 Å². The molecule has 0 aliphatic carbocycles. The van der Waals surface area contributed by atoms with Gasteiger partial charge in [-0.05, 0) is 29.7 Å². The van der Waals surface area contributed by atoms with Crippen LogP contribution in [0.1, 0.15) is 11.1 Å². The highest BCUT2D eigenvalue weighted by Gasteiger charge is 2.13. The molecule has 0 bridgehead atoms. The van der Waals surface area contributed by atoms with Gasteiger partial charge < -0.3 is 25.3 Å². The van der Waals surface area contributed by atoms with E-state index in [9.17, 15) is 0 Å². The van der Waals surface area contributed by atoms with Crippen LogP contribution in [0.3, 0.4) is 0 Å². The summed E-state index contributed by atoms with van der Waals surface area (Å²) >= 11 is 0. The third kappa shape index (κ3) is 7.32. The molecule has 8 heteroatoms. The Morgan fingerprint density at radius 2 is 1.65 bits per heavy atom. The Hall–Kier alpha value is -3.01. The minimum atomic E-state index is 0. The van der Waals surface area contributed by atoms with Gasteiger partial charge in [0, 0.05) is 18.8 Å². The smallest absolute Gasteiger partial charge is 0.219 e. The third-order valence-electron chi connectivity index (χ3n) is 4.38. The normalized spacial score (nSPS) is 10.7. The van der Waals surface area contributed by atoms with Gasteiger partial charge in [0.1, 0.15) is 0 Å². The number of nitrogens with one attached hydrogen (secondary N) is 1. The molecule has 0 spiro atoms. The third-order valence-corrected chi connectivity index (χ3v) is 4.38. The molecule has 1 aromatic heterocycles. The fourth-order valence-corrected chi connectivity index (χ4v) is 2.80. The highest BCUT2D eigenvalue weighted by molar-refractivity contribution is 14.0. The zero-order valence-corrected chi connectivity index (χ0v) is 19.9. The summed E-state index contributed by atoms with van der Waals surface area (Å²) in [5.74, 6) is 2.45. The molecule has 3 rings (SSSR count). The molecule has 0 unspecified atom stereocenters. The van der Waals surface area contributed by atoms with Crippen LogP contribution in [0.5, 0.6) is 23.1 Å². The maximum absolute atomic E-state index is 5.95. The zero-order valence-electron chi connectivity index (χ0n) is 17.6. The highest BCUT2D eigenvalue weighted by Crippen LogP contribution is 2.39. The van der Waals surface area contributed by atoms with Gasteiger partial charge in [-0.25, -0.2) is 9.98 Å². The molecule has 0 saturated carbocycles. The highest BCUT2D eigenvalue weighted by atomic mass is 127. The molecule has 7 nitrogen and oxygen atoms in total. The number of ether oxygens (including phenoxy) is 3. The van der Waals surface area contributed by atoms with Crippen molar-refractivity contribution in [2.24, 2.45) is 10.7 Å². The van der Waals surface area contributed by atoms with E-state index in [0.29, 0.717) is 35.6 Å². The first kappa shape index (κ1) is 24.3. The summed E-state index contributed by atoms with van der Waals surface area (Å²) < 4.78 is 16.5. The maximum Gasteiger partial charge on any atom is 0.219 e. The summed E-state index contributed by atoms with van der Waals surface area (Å²) in [5, 5.41) is 3.13. The second kappa shape index (κ2) is 12.6. The number of nitrogens with two attached hydrogens (primary N) is 1. The summed E-state index contributed by atoms with van der Waals surface area (Å²) in [6.07, 6.45) is 2.59. The monoisotopic (exact) mass is 534 g/mol. The lowest BCUT2D eigenvalue weighted by Crippen LogP contribution is -2.33. The molecule has 1 heterocycles. The molecule has 0 amide bonds. The topological polar surface area (TPSA) is 91.0 Å². The van der Waals surface area contributed by atoms with E-state index in [4.69, 9.17) is 19.9 Å². The lowest BCUT2D eigenvalue weighted by molar-refractivity contribution is 0.342. The van der Waals surface area contributed by atoms with Crippen molar-refractivity contribution in [1.82, 2.24) is 10.3 Å². The number of aliphatic imine (C=N–C) groups is 1. The van der Waals surface area contributed by atoms with Crippen LogP contribution in [0, 0.1) is 0 Å². The van der Waals surface area contributed by atoms with Crippen molar-refractivity contribution in [3.63, 3.8) is 0 Å². The quantitative estimate of drug-likeness (QED) is 0.244. The van der Waals surface area contributed by atoms with E-state index in [0.717, 1.165) is 18.5 Å². The van der Waals surface area contributed by atoms with E-state index >= 15 is 0 Å². The number of guanidine groups is 1. The van der Waals surface area contributed by atoms with Crippen molar-refractivity contribution >= 4 is 29.9 Å². The first-order valence-corrected chi connectivity index (χ1v) is 9.61. The van der Waals surface area contributed by atoms with E-state index in [1.54, 1.807) is 38.6 Å².